The summed E-state index contributed by atoms with van der Waals surface area (Å²) in [4.78, 5) is 4.40. The number of nitrogens with zero attached hydrogens (tertiary/aromatic N) is 2. The highest BCUT2D eigenvalue weighted by Gasteiger charge is 2.19. The average Bonchev–Trinajstić information content (AvgIpc) is 2.84. The van der Waals surface area contributed by atoms with Crippen LogP contribution in [0.3, 0.4) is 0 Å². The van der Waals surface area contributed by atoms with Crippen LogP contribution in [0.1, 0.15) is 26.6 Å². The second kappa shape index (κ2) is 5.63. The zero-order valence-electron chi connectivity index (χ0n) is 13.1. The van der Waals surface area contributed by atoms with Gasteiger partial charge in [-0.25, -0.2) is 0 Å². The topological polar surface area (TPSA) is 83.4 Å². The van der Waals surface area contributed by atoms with Crippen LogP contribution in [0.2, 0.25) is 0 Å². The first-order chi connectivity index (χ1) is 9.84. The number of aromatic nitrogens is 2. The van der Waals surface area contributed by atoms with Gasteiger partial charge in [0.15, 0.2) is 17.3 Å². The third-order valence-electron chi connectivity index (χ3n) is 2.94. The lowest BCUT2D eigenvalue weighted by atomic mass is 9.92. The van der Waals surface area contributed by atoms with Gasteiger partial charge >= 0.3 is 0 Å². The quantitative estimate of drug-likeness (QED) is 0.872. The van der Waals surface area contributed by atoms with Gasteiger partial charge in [-0.1, -0.05) is 25.9 Å². The SMILES string of the molecule is COc1cc(N)c(-c2nc(CC(C)(C)C)no2)cc1OC. The van der Waals surface area contributed by atoms with Gasteiger partial charge < -0.3 is 19.7 Å². The predicted octanol–water partition coefficient (Wildman–Crippen LogP) is 2.92. The zero-order valence-corrected chi connectivity index (χ0v) is 13.1. The van der Waals surface area contributed by atoms with Crippen molar-refractivity contribution in [2.75, 3.05) is 20.0 Å². The van der Waals surface area contributed by atoms with Crippen molar-refractivity contribution in [1.82, 2.24) is 10.1 Å². The van der Waals surface area contributed by atoms with E-state index in [4.69, 9.17) is 19.7 Å². The summed E-state index contributed by atoms with van der Waals surface area (Å²) in [6.07, 6.45) is 0.726. The third-order valence-corrected chi connectivity index (χ3v) is 2.94. The van der Waals surface area contributed by atoms with Crippen LogP contribution in [0.4, 0.5) is 5.69 Å². The van der Waals surface area contributed by atoms with Gasteiger partial charge in [0.2, 0.25) is 0 Å². The van der Waals surface area contributed by atoms with Gasteiger partial charge in [-0.2, -0.15) is 4.98 Å². The summed E-state index contributed by atoms with van der Waals surface area (Å²) in [6.45, 7) is 6.36. The maximum atomic E-state index is 6.03. The van der Waals surface area contributed by atoms with Crippen LogP contribution in [-0.4, -0.2) is 24.4 Å². The Balaban J connectivity index is 2.38. The van der Waals surface area contributed by atoms with E-state index in [-0.39, 0.29) is 5.41 Å². The highest BCUT2D eigenvalue weighted by Crippen LogP contribution is 2.36. The molecule has 0 fully saturated rings. The number of ether oxygens (including phenoxy) is 2. The molecule has 0 spiro atoms. The maximum absolute atomic E-state index is 6.03. The van der Waals surface area contributed by atoms with Crippen LogP contribution in [0.5, 0.6) is 11.5 Å². The van der Waals surface area contributed by atoms with E-state index in [9.17, 15) is 0 Å². The second-order valence-electron chi connectivity index (χ2n) is 6.05. The van der Waals surface area contributed by atoms with Gasteiger partial charge in [0.1, 0.15) is 0 Å². The van der Waals surface area contributed by atoms with E-state index < -0.39 is 0 Å². The predicted molar refractivity (Wildman–Crippen MR) is 80.4 cm³/mol. The lowest BCUT2D eigenvalue weighted by Crippen LogP contribution is -2.10. The van der Waals surface area contributed by atoms with Crippen molar-refractivity contribution >= 4 is 5.69 Å². The van der Waals surface area contributed by atoms with Crippen LogP contribution < -0.4 is 15.2 Å². The van der Waals surface area contributed by atoms with E-state index in [0.717, 1.165) is 6.42 Å². The van der Waals surface area contributed by atoms with Gasteiger partial charge in [-0.15, -0.1) is 0 Å². The molecule has 1 heterocycles. The summed E-state index contributed by atoms with van der Waals surface area (Å²) in [7, 11) is 3.13. The lowest BCUT2D eigenvalue weighted by Gasteiger charge is -2.14. The Morgan fingerprint density at radius 3 is 2.33 bits per heavy atom. The molecule has 0 amide bonds. The molecule has 0 saturated heterocycles. The molecule has 2 aromatic rings. The van der Waals surface area contributed by atoms with E-state index in [2.05, 4.69) is 30.9 Å². The number of rotatable bonds is 4. The number of nitrogen functional groups attached to an aromatic ring is 1. The summed E-state index contributed by atoms with van der Waals surface area (Å²) in [6, 6.07) is 3.42. The molecular formula is C15H21N3O3. The van der Waals surface area contributed by atoms with Crippen LogP contribution in [0.25, 0.3) is 11.5 Å². The summed E-state index contributed by atoms with van der Waals surface area (Å²) in [5.41, 5.74) is 7.25. The summed E-state index contributed by atoms with van der Waals surface area (Å²) < 4.78 is 15.8. The standard InChI is InChI=1S/C15H21N3O3/c1-15(2,3)8-13-17-14(21-18-13)9-6-11(19-4)12(20-5)7-10(9)16/h6-7H,8,16H2,1-5H3. The fourth-order valence-electron chi connectivity index (χ4n) is 1.99. The molecule has 0 aliphatic rings. The Labute approximate surface area is 124 Å². The first-order valence-electron chi connectivity index (χ1n) is 6.68. The van der Waals surface area contributed by atoms with Crippen LogP contribution in [0, 0.1) is 5.41 Å². The van der Waals surface area contributed by atoms with Gasteiger partial charge in [-0.05, 0) is 11.5 Å². The lowest BCUT2D eigenvalue weighted by molar-refractivity contribution is 0.355. The number of methoxy groups -OCH3 is 2. The molecule has 0 bridgehead atoms. The average molecular weight is 291 g/mol. The zero-order chi connectivity index (χ0) is 15.6. The molecule has 114 valence electrons. The minimum Gasteiger partial charge on any atom is -0.493 e. The van der Waals surface area contributed by atoms with Crippen molar-refractivity contribution in [2.24, 2.45) is 5.41 Å². The van der Waals surface area contributed by atoms with Crippen molar-refractivity contribution in [3.05, 3.63) is 18.0 Å². The fourth-order valence-corrected chi connectivity index (χ4v) is 1.99. The Bertz CT molecular complexity index is 630. The van der Waals surface area contributed by atoms with E-state index in [1.165, 1.54) is 0 Å². The molecule has 0 radical (unpaired) electrons. The van der Waals surface area contributed by atoms with Crippen molar-refractivity contribution < 1.29 is 14.0 Å². The molecule has 0 atom stereocenters. The largest absolute Gasteiger partial charge is 0.493 e. The highest BCUT2D eigenvalue weighted by atomic mass is 16.5. The van der Waals surface area contributed by atoms with E-state index in [0.29, 0.717) is 34.5 Å². The molecule has 0 aliphatic carbocycles. The maximum Gasteiger partial charge on any atom is 0.260 e. The van der Waals surface area contributed by atoms with E-state index in [1.807, 2.05) is 0 Å². The number of hydrogen-bond acceptors (Lipinski definition) is 6. The van der Waals surface area contributed by atoms with Crippen molar-refractivity contribution in [3.63, 3.8) is 0 Å². The number of anilines is 1. The first-order valence-corrected chi connectivity index (χ1v) is 6.68. The van der Waals surface area contributed by atoms with Gasteiger partial charge in [0.05, 0.1) is 19.8 Å². The molecule has 2 rings (SSSR count). The third kappa shape index (κ3) is 3.45. The Kier molecular flexibility index (Phi) is 4.06. The van der Waals surface area contributed by atoms with Crippen LogP contribution >= 0.6 is 0 Å². The Morgan fingerprint density at radius 1 is 1.14 bits per heavy atom. The molecule has 0 saturated carbocycles. The van der Waals surface area contributed by atoms with Gasteiger partial charge in [0, 0.05) is 18.2 Å². The molecule has 21 heavy (non-hydrogen) atoms. The summed E-state index contributed by atoms with van der Waals surface area (Å²) in [5.74, 6) is 2.17. The van der Waals surface area contributed by atoms with Crippen LogP contribution in [0.15, 0.2) is 16.7 Å². The second-order valence-corrected chi connectivity index (χ2v) is 6.05. The number of benzene rings is 1. The molecule has 2 N–H and O–H groups in total. The molecule has 1 aromatic heterocycles. The van der Waals surface area contributed by atoms with Gasteiger partial charge in [-0.3, -0.25) is 0 Å². The summed E-state index contributed by atoms with van der Waals surface area (Å²) in [5, 5.41) is 4.00. The Hall–Kier alpha value is -2.24. The minimum absolute atomic E-state index is 0.0876. The molecule has 0 unspecified atom stereocenters. The smallest absolute Gasteiger partial charge is 0.260 e. The normalized spacial score (nSPS) is 11.5. The minimum atomic E-state index is 0.0876. The fraction of sp³-hybridized carbons (Fsp3) is 0.467. The monoisotopic (exact) mass is 291 g/mol. The van der Waals surface area contributed by atoms with Crippen molar-refractivity contribution in [2.45, 2.75) is 27.2 Å². The molecule has 0 aliphatic heterocycles. The Morgan fingerprint density at radius 2 is 1.76 bits per heavy atom. The van der Waals surface area contributed by atoms with Crippen molar-refractivity contribution in [1.29, 1.82) is 0 Å². The van der Waals surface area contributed by atoms with Crippen LogP contribution in [-0.2, 0) is 6.42 Å². The molecular weight excluding hydrogens is 270 g/mol. The van der Waals surface area contributed by atoms with Crippen molar-refractivity contribution in [3.8, 4) is 23.0 Å². The molecule has 1 aromatic carbocycles. The molecule has 6 nitrogen and oxygen atoms in total. The van der Waals surface area contributed by atoms with E-state index in [1.54, 1.807) is 26.4 Å². The first kappa shape index (κ1) is 15.2. The number of nitrogens with two attached hydrogens (primary N) is 1. The van der Waals surface area contributed by atoms with E-state index >= 15 is 0 Å². The van der Waals surface area contributed by atoms with Gasteiger partial charge in [0.25, 0.3) is 5.89 Å². The highest BCUT2D eigenvalue weighted by molar-refractivity contribution is 5.75. The molecule has 6 heteroatoms. The summed E-state index contributed by atoms with van der Waals surface area (Å²) >= 11 is 0. The number of hydrogen-bond donors (Lipinski definition) is 1.